The Morgan fingerprint density at radius 1 is 1.64 bits per heavy atom. The smallest absolute Gasteiger partial charge is 0.323 e. The van der Waals surface area contributed by atoms with Crippen molar-refractivity contribution < 1.29 is 14.6 Å². The molecule has 14 heavy (non-hydrogen) atoms. The van der Waals surface area contributed by atoms with Gasteiger partial charge in [-0.05, 0) is 20.3 Å². The molecule has 2 unspecified atom stereocenters. The minimum atomic E-state index is -1.19. The van der Waals surface area contributed by atoms with Gasteiger partial charge >= 0.3 is 5.97 Å². The van der Waals surface area contributed by atoms with E-state index in [1.807, 2.05) is 6.92 Å². The van der Waals surface area contributed by atoms with Gasteiger partial charge in [-0.1, -0.05) is 13.3 Å². The number of rotatable bonds is 7. The van der Waals surface area contributed by atoms with Gasteiger partial charge in [-0.2, -0.15) is 0 Å². The van der Waals surface area contributed by atoms with E-state index in [2.05, 4.69) is 6.92 Å². The fourth-order valence-corrected chi connectivity index (χ4v) is 1.17. The zero-order valence-electron chi connectivity index (χ0n) is 9.25. The number of carboxylic acid groups (broad SMARTS) is 1. The molecule has 0 heterocycles. The van der Waals surface area contributed by atoms with Gasteiger partial charge in [0.15, 0.2) is 0 Å². The van der Waals surface area contributed by atoms with Crippen LogP contribution in [0.1, 0.15) is 40.0 Å². The number of unbranched alkanes of at least 4 members (excludes halogenated alkanes) is 1. The van der Waals surface area contributed by atoms with Crippen LogP contribution in [0.5, 0.6) is 0 Å². The second-order valence-corrected chi connectivity index (χ2v) is 3.96. The third-order valence-corrected chi connectivity index (χ3v) is 2.10. The van der Waals surface area contributed by atoms with Crippen molar-refractivity contribution in [3.63, 3.8) is 0 Å². The molecule has 0 aliphatic rings. The van der Waals surface area contributed by atoms with Crippen LogP contribution in [0, 0.1) is 0 Å². The number of nitrogens with two attached hydrogens (primary N) is 1. The molecular weight excluding hydrogens is 182 g/mol. The van der Waals surface area contributed by atoms with Gasteiger partial charge in [-0.25, -0.2) is 0 Å². The van der Waals surface area contributed by atoms with Crippen molar-refractivity contribution in [2.75, 3.05) is 6.61 Å². The van der Waals surface area contributed by atoms with Gasteiger partial charge < -0.3 is 15.6 Å². The van der Waals surface area contributed by atoms with E-state index < -0.39 is 11.5 Å². The summed E-state index contributed by atoms with van der Waals surface area (Å²) in [5, 5.41) is 8.78. The Kier molecular flexibility index (Phi) is 5.72. The van der Waals surface area contributed by atoms with Crippen molar-refractivity contribution >= 4 is 5.97 Å². The summed E-state index contributed by atoms with van der Waals surface area (Å²) in [6, 6.07) is 0. The molecule has 0 aromatic rings. The molecule has 0 amide bonds. The Bertz CT molecular complexity index is 180. The van der Waals surface area contributed by atoms with E-state index in [0.29, 0.717) is 13.0 Å². The van der Waals surface area contributed by atoms with Crippen LogP contribution in [0.4, 0.5) is 0 Å². The summed E-state index contributed by atoms with van der Waals surface area (Å²) >= 11 is 0. The monoisotopic (exact) mass is 203 g/mol. The molecule has 4 heteroatoms. The molecule has 0 bridgehead atoms. The van der Waals surface area contributed by atoms with E-state index in [0.717, 1.165) is 12.8 Å². The first-order valence-corrected chi connectivity index (χ1v) is 5.04. The Morgan fingerprint density at radius 2 is 2.21 bits per heavy atom. The van der Waals surface area contributed by atoms with Crippen LogP contribution < -0.4 is 5.73 Å². The van der Waals surface area contributed by atoms with Crippen molar-refractivity contribution in [2.45, 2.75) is 51.7 Å². The maximum Gasteiger partial charge on any atom is 0.323 e. The molecule has 0 aromatic carbocycles. The van der Waals surface area contributed by atoms with Gasteiger partial charge in [-0.3, -0.25) is 4.79 Å². The quantitative estimate of drug-likeness (QED) is 0.613. The fraction of sp³-hybridized carbons (Fsp3) is 0.900. The van der Waals surface area contributed by atoms with E-state index in [9.17, 15) is 4.79 Å². The maximum absolute atomic E-state index is 10.7. The average molecular weight is 203 g/mol. The fourth-order valence-electron chi connectivity index (χ4n) is 1.17. The third-order valence-electron chi connectivity index (χ3n) is 2.10. The zero-order valence-corrected chi connectivity index (χ0v) is 9.25. The van der Waals surface area contributed by atoms with E-state index in [4.69, 9.17) is 15.6 Å². The van der Waals surface area contributed by atoms with Crippen LogP contribution in [-0.2, 0) is 9.53 Å². The predicted octanol–water partition coefficient (Wildman–Crippen LogP) is 1.38. The van der Waals surface area contributed by atoms with Crippen molar-refractivity contribution in [1.82, 2.24) is 0 Å². The highest BCUT2D eigenvalue weighted by molar-refractivity contribution is 5.77. The molecule has 4 nitrogen and oxygen atoms in total. The summed E-state index contributed by atoms with van der Waals surface area (Å²) < 4.78 is 5.43. The van der Waals surface area contributed by atoms with E-state index in [-0.39, 0.29) is 6.10 Å². The van der Waals surface area contributed by atoms with Crippen LogP contribution in [0.3, 0.4) is 0 Å². The minimum absolute atomic E-state index is 0.104. The van der Waals surface area contributed by atoms with Crippen molar-refractivity contribution in [3.8, 4) is 0 Å². The van der Waals surface area contributed by atoms with Gasteiger partial charge in [0.05, 0.1) is 6.10 Å². The lowest BCUT2D eigenvalue weighted by Crippen LogP contribution is -2.47. The molecule has 0 rings (SSSR count). The zero-order chi connectivity index (χ0) is 11.2. The molecule has 0 fully saturated rings. The molecule has 0 saturated heterocycles. The van der Waals surface area contributed by atoms with Gasteiger partial charge in [0.2, 0.25) is 0 Å². The second-order valence-electron chi connectivity index (χ2n) is 3.96. The molecule has 0 saturated carbocycles. The van der Waals surface area contributed by atoms with Crippen LogP contribution >= 0.6 is 0 Å². The number of carbonyl (C=O) groups is 1. The molecular formula is C10H21NO3. The van der Waals surface area contributed by atoms with Crippen molar-refractivity contribution in [3.05, 3.63) is 0 Å². The van der Waals surface area contributed by atoms with E-state index in [1.54, 1.807) is 0 Å². The third kappa shape index (κ3) is 5.19. The second kappa shape index (κ2) is 5.98. The lowest BCUT2D eigenvalue weighted by Gasteiger charge is -2.23. The summed E-state index contributed by atoms with van der Waals surface area (Å²) in [6.07, 6.45) is 2.31. The van der Waals surface area contributed by atoms with Crippen LogP contribution in [0.25, 0.3) is 0 Å². The topological polar surface area (TPSA) is 72.5 Å². The van der Waals surface area contributed by atoms with E-state index in [1.165, 1.54) is 6.92 Å². The number of hydrogen-bond acceptors (Lipinski definition) is 3. The molecule has 0 aliphatic heterocycles. The maximum atomic E-state index is 10.7. The first kappa shape index (κ1) is 13.4. The lowest BCUT2D eigenvalue weighted by atomic mass is 9.96. The summed E-state index contributed by atoms with van der Waals surface area (Å²) in [4.78, 5) is 10.7. The molecule has 3 N–H and O–H groups in total. The highest BCUT2D eigenvalue weighted by Crippen LogP contribution is 2.12. The number of hydrogen-bond donors (Lipinski definition) is 2. The minimum Gasteiger partial charge on any atom is -0.480 e. The highest BCUT2D eigenvalue weighted by Gasteiger charge is 2.30. The Morgan fingerprint density at radius 3 is 2.64 bits per heavy atom. The van der Waals surface area contributed by atoms with Gasteiger partial charge in [0, 0.05) is 13.0 Å². The highest BCUT2D eigenvalue weighted by atomic mass is 16.5. The lowest BCUT2D eigenvalue weighted by molar-refractivity contribution is -0.144. The first-order chi connectivity index (χ1) is 6.40. The SMILES string of the molecule is CCCCOC(C)CC(C)(N)C(=O)O. The molecule has 84 valence electrons. The average Bonchev–Trinajstić information content (AvgIpc) is 2.03. The normalized spacial score (nSPS) is 17.4. The number of ether oxygens (including phenoxy) is 1. The number of aliphatic carboxylic acids is 1. The van der Waals surface area contributed by atoms with E-state index >= 15 is 0 Å². The molecule has 0 radical (unpaired) electrons. The van der Waals surface area contributed by atoms with Gasteiger partial charge in [0.25, 0.3) is 0 Å². The Balaban J connectivity index is 3.81. The molecule has 0 aliphatic carbocycles. The van der Waals surface area contributed by atoms with Crippen molar-refractivity contribution in [1.29, 1.82) is 0 Å². The van der Waals surface area contributed by atoms with Crippen LogP contribution in [0.15, 0.2) is 0 Å². The first-order valence-electron chi connectivity index (χ1n) is 5.04. The van der Waals surface area contributed by atoms with Gasteiger partial charge in [0.1, 0.15) is 5.54 Å². The standard InChI is InChI=1S/C10H21NO3/c1-4-5-6-14-8(2)7-10(3,11)9(12)13/h8H,4-7,11H2,1-3H3,(H,12,13). The molecule has 0 spiro atoms. The number of carboxylic acids is 1. The Labute approximate surface area is 85.4 Å². The summed E-state index contributed by atoms with van der Waals surface area (Å²) in [7, 11) is 0. The summed E-state index contributed by atoms with van der Waals surface area (Å²) in [5.74, 6) is -0.983. The molecule has 0 aromatic heterocycles. The van der Waals surface area contributed by atoms with Crippen LogP contribution in [-0.4, -0.2) is 29.3 Å². The van der Waals surface area contributed by atoms with Gasteiger partial charge in [-0.15, -0.1) is 0 Å². The van der Waals surface area contributed by atoms with Crippen LogP contribution in [0.2, 0.25) is 0 Å². The summed E-state index contributed by atoms with van der Waals surface area (Å²) in [5.41, 5.74) is 4.40. The van der Waals surface area contributed by atoms with Crippen molar-refractivity contribution in [2.24, 2.45) is 5.73 Å². The summed E-state index contributed by atoms with van der Waals surface area (Å²) in [6.45, 7) is 6.12. The molecule has 2 atom stereocenters. The predicted molar refractivity (Wildman–Crippen MR) is 55.2 cm³/mol. The largest absolute Gasteiger partial charge is 0.480 e. The Hall–Kier alpha value is -0.610.